The molecular formula is C27H29N3O6S. The van der Waals surface area contributed by atoms with E-state index in [1.165, 1.54) is 18.2 Å². The highest BCUT2D eigenvalue weighted by Gasteiger charge is 2.15. The van der Waals surface area contributed by atoms with Gasteiger partial charge in [0.2, 0.25) is 15.9 Å². The van der Waals surface area contributed by atoms with Crippen molar-refractivity contribution in [3.8, 4) is 17.4 Å². The van der Waals surface area contributed by atoms with Crippen LogP contribution in [0.4, 0.5) is 5.69 Å². The molecule has 0 aliphatic rings. The van der Waals surface area contributed by atoms with Crippen molar-refractivity contribution in [2.75, 3.05) is 24.1 Å². The van der Waals surface area contributed by atoms with E-state index in [0.717, 1.165) is 22.7 Å². The van der Waals surface area contributed by atoms with Crippen molar-refractivity contribution >= 4 is 26.6 Å². The van der Waals surface area contributed by atoms with Crippen LogP contribution in [0.15, 0.2) is 78.9 Å². The van der Waals surface area contributed by atoms with Gasteiger partial charge < -0.3 is 25.4 Å². The number of aromatic hydroxyl groups is 1. The van der Waals surface area contributed by atoms with E-state index in [0.29, 0.717) is 23.6 Å². The molecule has 1 heterocycles. The van der Waals surface area contributed by atoms with Gasteiger partial charge in [-0.2, -0.15) is 0 Å². The summed E-state index contributed by atoms with van der Waals surface area (Å²) in [6.07, 6.45) is 0.496. The summed E-state index contributed by atoms with van der Waals surface area (Å²) in [7, 11) is -3.59. The quantitative estimate of drug-likeness (QED) is 0.189. The minimum atomic E-state index is -3.59. The van der Waals surface area contributed by atoms with E-state index in [2.05, 4.69) is 15.0 Å². The van der Waals surface area contributed by atoms with Gasteiger partial charge in [-0.25, -0.2) is 13.4 Å². The van der Waals surface area contributed by atoms with E-state index in [1.807, 2.05) is 60.7 Å². The van der Waals surface area contributed by atoms with Crippen molar-refractivity contribution in [3.05, 3.63) is 90.0 Å². The fraction of sp³-hybridized carbons (Fsp3) is 0.222. The SMILES string of the molecule is CS(=O)(=O)Nc1cc([C@@H](O)CN[C@H](CO)Cc2ccc(Oc3ccc4ccccc4n3)cc2)ccc1O. The summed E-state index contributed by atoms with van der Waals surface area (Å²) in [5.74, 6) is 0.896. The second kappa shape index (κ2) is 11.6. The van der Waals surface area contributed by atoms with Gasteiger partial charge in [-0.1, -0.05) is 36.4 Å². The van der Waals surface area contributed by atoms with E-state index in [4.69, 9.17) is 4.74 Å². The molecule has 4 rings (SSSR count). The first-order valence-electron chi connectivity index (χ1n) is 11.7. The standard InChI is InChI=1S/C27H29N3O6S/c1-37(34,35)30-24-15-20(8-12-25(24)32)26(33)16-28-21(17-31)14-18-6-10-22(11-7-18)36-27-13-9-19-4-2-3-5-23(19)29-27/h2-13,15,21,26,28,30-33H,14,16-17H2,1H3/t21-,26-/m0/s1. The maximum atomic E-state index is 11.5. The van der Waals surface area contributed by atoms with Crippen LogP contribution in [0.3, 0.4) is 0 Å². The zero-order valence-electron chi connectivity index (χ0n) is 20.2. The Labute approximate surface area is 215 Å². The summed E-state index contributed by atoms with van der Waals surface area (Å²) in [5.41, 5.74) is 2.21. The van der Waals surface area contributed by atoms with E-state index in [-0.39, 0.29) is 30.6 Å². The molecule has 37 heavy (non-hydrogen) atoms. The molecule has 9 nitrogen and oxygen atoms in total. The molecule has 10 heteroatoms. The van der Waals surface area contributed by atoms with Crippen LogP contribution in [0, 0.1) is 0 Å². The number of phenols is 1. The first-order chi connectivity index (χ1) is 17.7. The second-order valence-electron chi connectivity index (χ2n) is 8.75. The van der Waals surface area contributed by atoms with Crippen LogP contribution in [0.1, 0.15) is 17.2 Å². The summed E-state index contributed by atoms with van der Waals surface area (Å²) in [6, 6.07) is 22.9. The zero-order chi connectivity index (χ0) is 26.4. The fourth-order valence-corrected chi connectivity index (χ4v) is 4.41. The first-order valence-corrected chi connectivity index (χ1v) is 13.5. The molecule has 3 aromatic carbocycles. The van der Waals surface area contributed by atoms with Crippen LogP contribution in [0.25, 0.3) is 10.9 Å². The van der Waals surface area contributed by atoms with Crippen LogP contribution in [0.2, 0.25) is 0 Å². The smallest absolute Gasteiger partial charge is 0.229 e. The molecule has 0 aliphatic carbocycles. The molecule has 2 atom stereocenters. The van der Waals surface area contributed by atoms with Crippen molar-refractivity contribution in [2.24, 2.45) is 0 Å². The largest absolute Gasteiger partial charge is 0.506 e. The lowest BCUT2D eigenvalue weighted by atomic mass is 10.0. The average Bonchev–Trinajstić information content (AvgIpc) is 2.87. The van der Waals surface area contributed by atoms with Gasteiger partial charge in [0, 0.05) is 24.0 Å². The number of ether oxygens (including phenoxy) is 1. The Bertz CT molecular complexity index is 1460. The molecule has 0 radical (unpaired) electrons. The van der Waals surface area contributed by atoms with Crippen molar-refractivity contribution in [1.82, 2.24) is 10.3 Å². The van der Waals surface area contributed by atoms with Gasteiger partial charge in [0.15, 0.2) is 0 Å². The number of rotatable bonds is 11. The van der Waals surface area contributed by atoms with Gasteiger partial charge >= 0.3 is 0 Å². The topological polar surface area (TPSA) is 141 Å². The number of nitrogens with one attached hydrogen (secondary N) is 2. The molecule has 194 valence electrons. The van der Waals surface area contributed by atoms with Gasteiger partial charge in [0.05, 0.1) is 30.2 Å². The number of fused-ring (bicyclic) bond motifs is 1. The van der Waals surface area contributed by atoms with E-state index < -0.39 is 16.1 Å². The lowest BCUT2D eigenvalue weighted by Crippen LogP contribution is -2.37. The molecule has 0 fully saturated rings. The molecule has 0 bridgehead atoms. The molecule has 0 unspecified atom stereocenters. The van der Waals surface area contributed by atoms with Crippen LogP contribution in [-0.4, -0.2) is 54.2 Å². The van der Waals surface area contributed by atoms with Crippen LogP contribution < -0.4 is 14.8 Å². The molecule has 0 spiro atoms. The van der Waals surface area contributed by atoms with Gasteiger partial charge in [-0.3, -0.25) is 4.72 Å². The van der Waals surface area contributed by atoms with E-state index >= 15 is 0 Å². The Morgan fingerprint density at radius 1 is 1.00 bits per heavy atom. The number of benzene rings is 3. The van der Waals surface area contributed by atoms with Gasteiger partial charge in [0.25, 0.3) is 0 Å². The maximum Gasteiger partial charge on any atom is 0.229 e. The monoisotopic (exact) mass is 523 g/mol. The Morgan fingerprint density at radius 2 is 1.76 bits per heavy atom. The number of nitrogens with zero attached hydrogens (tertiary/aromatic N) is 1. The molecule has 5 N–H and O–H groups in total. The molecule has 4 aromatic rings. The number of aliphatic hydroxyl groups is 2. The number of sulfonamides is 1. The zero-order valence-corrected chi connectivity index (χ0v) is 21.0. The van der Waals surface area contributed by atoms with Crippen LogP contribution >= 0.6 is 0 Å². The van der Waals surface area contributed by atoms with E-state index in [9.17, 15) is 23.7 Å². The Morgan fingerprint density at radius 3 is 2.49 bits per heavy atom. The predicted molar refractivity (Wildman–Crippen MR) is 142 cm³/mol. The third-order valence-corrected chi connectivity index (χ3v) is 6.31. The lowest BCUT2D eigenvalue weighted by molar-refractivity contribution is 0.158. The summed E-state index contributed by atoms with van der Waals surface area (Å²) >= 11 is 0. The first kappa shape index (κ1) is 26.4. The van der Waals surface area contributed by atoms with Crippen LogP contribution in [-0.2, 0) is 16.4 Å². The molecule has 0 aliphatic heterocycles. The molecule has 1 aromatic heterocycles. The minimum absolute atomic E-state index is 0.0149. The van der Waals surface area contributed by atoms with Gasteiger partial charge in [-0.15, -0.1) is 0 Å². The highest BCUT2D eigenvalue weighted by atomic mass is 32.2. The van der Waals surface area contributed by atoms with Gasteiger partial charge in [-0.05, 0) is 53.9 Å². The maximum absolute atomic E-state index is 11.5. The molecule has 0 amide bonds. The van der Waals surface area contributed by atoms with Crippen LogP contribution in [0.5, 0.6) is 17.4 Å². The highest BCUT2D eigenvalue weighted by molar-refractivity contribution is 7.92. The number of hydrogen-bond donors (Lipinski definition) is 5. The van der Waals surface area contributed by atoms with Gasteiger partial charge in [0.1, 0.15) is 11.5 Å². The Balaban J connectivity index is 1.33. The van der Waals surface area contributed by atoms with Crippen molar-refractivity contribution in [3.63, 3.8) is 0 Å². The normalized spacial score (nSPS) is 13.3. The number of pyridine rings is 1. The molecular weight excluding hydrogens is 494 g/mol. The molecule has 0 saturated carbocycles. The summed E-state index contributed by atoms with van der Waals surface area (Å²) in [6.45, 7) is -0.0361. The lowest BCUT2D eigenvalue weighted by Gasteiger charge is -2.20. The predicted octanol–water partition coefficient (Wildman–Crippen LogP) is 3.33. The average molecular weight is 524 g/mol. The number of aliphatic hydroxyl groups excluding tert-OH is 2. The number of para-hydroxylation sites is 1. The summed E-state index contributed by atoms with van der Waals surface area (Å²) in [5, 5.41) is 34.4. The third-order valence-electron chi connectivity index (χ3n) is 5.72. The number of anilines is 1. The highest BCUT2D eigenvalue weighted by Crippen LogP contribution is 2.28. The van der Waals surface area contributed by atoms with Crippen molar-refractivity contribution in [1.29, 1.82) is 0 Å². The Kier molecular flexibility index (Phi) is 8.24. The number of phenolic OH excluding ortho intramolecular Hbond substituents is 1. The summed E-state index contributed by atoms with van der Waals surface area (Å²) in [4.78, 5) is 4.51. The fourth-order valence-electron chi connectivity index (χ4n) is 3.84. The van der Waals surface area contributed by atoms with Crippen molar-refractivity contribution < 1.29 is 28.5 Å². The van der Waals surface area contributed by atoms with Crippen molar-refractivity contribution in [2.45, 2.75) is 18.6 Å². The minimum Gasteiger partial charge on any atom is -0.506 e. The number of hydrogen-bond acceptors (Lipinski definition) is 8. The van der Waals surface area contributed by atoms with E-state index in [1.54, 1.807) is 0 Å². The number of aromatic nitrogens is 1. The molecule has 0 saturated heterocycles. The Hall–Kier alpha value is -3.70. The third kappa shape index (κ3) is 7.40. The second-order valence-corrected chi connectivity index (χ2v) is 10.5. The summed E-state index contributed by atoms with van der Waals surface area (Å²) < 4.78 is 31.1.